The van der Waals surface area contributed by atoms with Crippen molar-refractivity contribution in [2.24, 2.45) is 5.92 Å². The molecule has 2 heteroatoms. The molecule has 0 saturated carbocycles. The SMILES string of the molecule is CCCc1ccccc1N1CCCNC(C(C)C)C1. The van der Waals surface area contributed by atoms with Crippen LogP contribution in [0.25, 0.3) is 0 Å². The van der Waals surface area contributed by atoms with Crippen LogP contribution in [0.5, 0.6) is 0 Å². The third kappa shape index (κ3) is 3.73. The highest BCUT2D eigenvalue weighted by molar-refractivity contribution is 5.54. The maximum Gasteiger partial charge on any atom is 0.0399 e. The highest BCUT2D eigenvalue weighted by Gasteiger charge is 2.21. The number of nitrogens with zero attached hydrogens (tertiary/aromatic N) is 1. The number of aryl methyl sites for hydroxylation is 1. The fraction of sp³-hybridized carbons (Fsp3) is 0.647. The van der Waals surface area contributed by atoms with Crippen LogP contribution >= 0.6 is 0 Å². The first kappa shape index (κ1) is 14.4. The highest BCUT2D eigenvalue weighted by Crippen LogP contribution is 2.24. The lowest BCUT2D eigenvalue weighted by Crippen LogP contribution is -2.41. The lowest BCUT2D eigenvalue weighted by Gasteiger charge is -2.30. The Bertz CT molecular complexity index is 387. The second kappa shape index (κ2) is 6.95. The van der Waals surface area contributed by atoms with Gasteiger partial charge in [0.15, 0.2) is 0 Å². The van der Waals surface area contributed by atoms with Gasteiger partial charge in [0.2, 0.25) is 0 Å². The van der Waals surface area contributed by atoms with Gasteiger partial charge < -0.3 is 10.2 Å². The summed E-state index contributed by atoms with van der Waals surface area (Å²) in [5.41, 5.74) is 2.97. The van der Waals surface area contributed by atoms with Crippen LogP contribution < -0.4 is 10.2 Å². The maximum absolute atomic E-state index is 3.69. The van der Waals surface area contributed by atoms with Gasteiger partial charge in [-0.2, -0.15) is 0 Å². The van der Waals surface area contributed by atoms with Crippen LogP contribution in [0, 0.1) is 5.92 Å². The Hall–Kier alpha value is -1.02. The number of hydrogen-bond donors (Lipinski definition) is 1. The van der Waals surface area contributed by atoms with Gasteiger partial charge in [0.05, 0.1) is 0 Å². The molecule has 2 rings (SSSR count). The summed E-state index contributed by atoms with van der Waals surface area (Å²) in [6.07, 6.45) is 3.65. The van der Waals surface area contributed by atoms with E-state index in [1.54, 1.807) is 0 Å². The second-order valence-electron chi connectivity index (χ2n) is 5.98. The molecule has 2 nitrogen and oxygen atoms in total. The van der Waals surface area contributed by atoms with Gasteiger partial charge in [-0.3, -0.25) is 0 Å². The summed E-state index contributed by atoms with van der Waals surface area (Å²) in [4.78, 5) is 2.59. The van der Waals surface area contributed by atoms with Gasteiger partial charge in [-0.25, -0.2) is 0 Å². The second-order valence-corrected chi connectivity index (χ2v) is 5.98. The standard InChI is InChI=1S/C17H28N2/c1-4-8-15-9-5-6-10-17(15)19-12-7-11-18-16(13-19)14(2)3/h5-6,9-10,14,16,18H,4,7-8,11-13H2,1-3H3. The number of rotatable bonds is 4. The summed E-state index contributed by atoms with van der Waals surface area (Å²) in [7, 11) is 0. The van der Waals surface area contributed by atoms with E-state index in [2.05, 4.69) is 55.3 Å². The molecular weight excluding hydrogens is 232 g/mol. The molecule has 1 fully saturated rings. The minimum atomic E-state index is 0.609. The summed E-state index contributed by atoms with van der Waals surface area (Å²) >= 11 is 0. The van der Waals surface area contributed by atoms with Crippen molar-refractivity contribution in [1.82, 2.24) is 5.32 Å². The molecule has 19 heavy (non-hydrogen) atoms. The molecule has 0 aromatic heterocycles. The molecule has 0 amide bonds. The van der Waals surface area contributed by atoms with Crippen LogP contribution in [0.2, 0.25) is 0 Å². The number of para-hydroxylation sites is 1. The minimum Gasteiger partial charge on any atom is -0.370 e. The lowest BCUT2D eigenvalue weighted by molar-refractivity contribution is 0.420. The zero-order valence-corrected chi connectivity index (χ0v) is 12.7. The molecule has 1 atom stereocenters. The van der Waals surface area contributed by atoms with Crippen molar-refractivity contribution >= 4 is 5.69 Å². The zero-order chi connectivity index (χ0) is 13.7. The van der Waals surface area contributed by atoms with Gasteiger partial charge in [0.25, 0.3) is 0 Å². The van der Waals surface area contributed by atoms with E-state index in [1.807, 2.05) is 0 Å². The van der Waals surface area contributed by atoms with Gasteiger partial charge >= 0.3 is 0 Å². The van der Waals surface area contributed by atoms with Crippen LogP contribution in [-0.2, 0) is 6.42 Å². The van der Waals surface area contributed by atoms with Crippen LogP contribution in [0.1, 0.15) is 39.2 Å². The normalized spacial score (nSPS) is 20.6. The topological polar surface area (TPSA) is 15.3 Å². The maximum atomic E-state index is 3.69. The monoisotopic (exact) mass is 260 g/mol. The van der Waals surface area contributed by atoms with Crippen molar-refractivity contribution in [2.45, 2.75) is 46.1 Å². The summed E-state index contributed by atoms with van der Waals surface area (Å²) in [5.74, 6) is 0.693. The first-order valence-corrected chi connectivity index (χ1v) is 7.78. The van der Waals surface area contributed by atoms with Gasteiger partial charge in [-0.05, 0) is 36.9 Å². The molecule has 1 N–H and O–H groups in total. The summed E-state index contributed by atoms with van der Waals surface area (Å²) in [6, 6.07) is 9.55. The van der Waals surface area contributed by atoms with E-state index < -0.39 is 0 Å². The van der Waals surface area contributed by atoms with Gasteiger partial charge in [0.1, 0.15) is 0 Å². The first-order valence-electron chi connectivity index (χ1n) is 7.78. The van der Waals surface area contributed by atoms with Crippen LogP contribution in [0.3, 0.4) is 0 Å². The van der Waals surface area contributed by atoms with E-state index in [9.17, 15) is 0 Å². The fourth-order valence-corrected chi connectivity index (χ4v) is 2.92. The Morgan fingerprint density at radius 3 is 2.84 bits per heavy atom. The quantitative estimate of drug-likeness (QED) is 0.892. The zero-order valence-electron chi connectivity index (χ0n) is 12.7. The van der Waals surface area contributed by atoms with E-state index >= 15 is 0 Å². The Balaban J connectivity index is 2.19. The molecule has 0 bridgehead atoms. The van der Waals surface area contributed by atoms with Crippen LogP contribution in [0.4, 0.5) is 5.69 Å². The van der Waals surface area contributed by atoms with Crippen molar-refractivity contribution in [3.63, 3.8) is 0 Å². The molecule has 0 aliphatic carbocycles. The third-order valence-electron chi connectivity index (χ3n) is 4.08. The van der Waals surface area contributed by atoms with E-state index in [4.69, 9.17) is 0 Å². The van der Waals surface area contributed by atoms with Gasteiger partial charge in [-0.1, -0.05) is 45.4 Å². The number of anilines is 1. The van der Waals surface area contributed by atoms with Crippen molar-refractivity contribution in [2.75, 3.05) is 24.5 Å². The largest absolute Gasteiger partial charge is 0.370 e. The van der Waals surface area contributed by atoms with Crippen molar-refractivity contribution in [1.29, 1.82) is 0 Å². The van der Waals surface area contributed by atoms with E-state index in [0.717, 1.165) is 13.1 Å². The fourth-order valence-electron chi connectivity index (χ4n) is 2.92. The number of nitrogens with one attached hydrogen (secondary N) is 1. The van der Waals surface area contributed by atoms with E-state index in [-0.39, 0.29) is 0 Å². The molecule has 1 unspecified atom stereocenters. The molecule has 1 aliphatic heterocycles. The van der Waals surface area contributed by atoms with Crippen molar-refractivity contribution in [3.05, 3.63) is 29.8 Å². The Morgan fingerprint density at radius 1 is 1.32 bits per heavy atom. The molecular formula is C17H28N2. The molecule has 1 saturated heterocycles. The molecule has 0 radical (unpaired) electrons. The molecule has 1 aromatic carbocycles. The number of hydrogen-bond acceptors (Lipinski definition) is 2. The lowest BCUT2D eigenvalue weighted by atomic mass is 10.0. The van der Waals surface area contributed by atoms with Crippen molar-refractivity contribution in [3.8, 4) is 0 Å². The van der Waals surface area contributed by atoms with E-state index in [1.165, 1.54) is 37.1 Å². The molecule has 1 aromatic rings. The Morgan fingerprint density at radius 2 is 2.11 bits per heavy atom. The Labute approximate surface area is 118 Å². The predicted octanol–water partition coefficient (Wildman–Crippen LogP) is 3.46. The van der Waals surface area contributed by atoms with Crippen LogP contribution in [0.15, 0.2) is 24.3 Å². The highest BCUT2D eigenvalue weighted by atomic mass is 15.2. The average Bonchev–Trinajstić information content (AvgIpc) is 2.65. The summed E-state index contributed by atoms with van der Waals surface area (Å²) < 4.78 is 0. The average molecular weight is 260 g/mol. The molecule has 1 heterocycles. The first-order chi connectivity index (χ1) is 9.22. The predicted molar refractivity (Wildman–Crippen MR) is 83.9 cm³/mol. The Kier molecular flexibility index (Phi) is 5.26. The van der Waals surface area contributed by atoms with Gasteiger partial charge in [-0.15, -0.1) is 0 Å². The molecule has 0 spiro atoms. The van der Waals surface area contributed by atoms with Crippen molar-refractivity contribution < 1.29 is 0 Å². The minimum absolute atomic E-state index is 0.609. The molecule has 106 valence electrons. The smallest absolute Gasteiger partial charge is 0.0399 e. The van der Waals surface area contributed by atoms with Gasteiger partial charge in [0, 0.05) is 24.8 Å². The third-order valence-corrected chi connectivity index (χ3v) is 4.08. The summed E-state index contributed by atoms with van der Waals surface area (Å²) in [5, 5.41) is 3.69. The summed E-state index contributed by atoms with van der Waals surface area (Å²) in [6.45, 7) is 10.4. The number of benzene rings is 1. The van der Waals surface area contributed by atoms with E-state index in [0.29, 0.717) is 12.0 Å². The molecule has 1 aliphatic rings. The van der Waals surface area contributed by atoms with Crippen LogP contribution in [-0.4, -0.2) is 25.7 Å².